The Bertz CT molecular complexity index is 659. The van der Waals surface area contributed by atoms with Gasteiger partial charge in [-0.25, -0.2) is 9.48 Å². The lowest BCUT2D eigenvalue weighted by Crippen LogP contribution is -2.08. The molecule has 114 valence electrons. The summed E-state index contributed by atoms with van der Waals surface area (Å²) in [7, 11) is 3.15. The minimum atomic E-state index is -0.539. The zero-order valence-electron chi connectivity index (χ0n) is 12.6. The van der Waals surface area contributed by atoms with Crippen molar-refractivity contribution in [2.24, 2.45) is 7.05 Å². The molecule has 8 nitrogen and oxygen atoms in total. The smallest absolute Gasteiger partial charge is 0.360 e. The van der Waals surface area contributed by atoms with Gasteiger partial charge in [0.1, 0.15) is 5.69 Å². The maximum Gasteiger partial charge on any atom is 0.360 e. The summed E-state index contributed by atoms with van der Waals surface area (Å²) in [6, 6.07) is 0. The van der Waals surface area contributed by atoms with E-state index in [1.54, 1.807) is 9.36 Å². The van der Waals surface area contributed by atoms with Gasteiger partial charge in [0, 0.05) is 31.5 Å². The van der Waals surface area contributed by atoms with Crippen molar-refractivity contribution < 1.29 is 14.6 Å². The number of carbonyl (C=O) groups excluding carboxylic acids is 1. The van der Waals surface area contributed by atoms with Crippen LogP contribution in [0.15, 0.2) is 0 Å². The number of ether oxygens (including phenoxy) is 1. The van der Waals surface area contributed by atoms with Gasteiger partial charge in [0.05, 0.1) is 12.8 Å². The van der Waals surface area contributed by atoms with E-state index in [1.165, 1.54) is 7.11 Å². The molecule has 2 heterocycles. The van der Waals surface area contributed by atoms with Crippen LogP contribution in [0, 0.1) is 13.8 Å². The molecule has 0 fully saturated rings. The number of nitrogens with zero attached hydrogens (tertiary/aromatic N) is 5. The molecule has 21 heavy (non-hydrogen) atoms. The fourth-order valence-corrected chi connectivity index (χ4v) is 2.29. The van der Waals surface area contributed by atoms with Crippen molar-refractivity contribution in [3.63, 3.8) is 0 Å². The number of aliphatic hydroxyl groups is 1. The van der Waals surface area contributed by atoms with E-state index in [-0.39, 0.29) is 12.3 Å². The summed E-state index contributed by atoms with van der Waals surface area (Å²) in [4.78, 5) is 11.9. The van der Waals surface area contributed by atoms with E-state index in [1.807, 2.05) is 20.9 Å². The molecule has 0 saturated carbocycles. The molecular formula is C13H19N5O3. The summed E-state index contributed by atoms with van der Waals surface area (Å²) in [5, 5.41) is 21.3. The van der Waals surface area contributed by atoms with Crippen LogP contribution in [-0.2, 0) is 18.3 Å². The highest BCUT2D eigenvalue weighted by Crippen LogP contribution is 2.29. The van der Waals surface area contributed by atoms with Gasteiger partial charge in [0.15, 0.2) is 5.69 Å². The number of aromatic nitrogens is 5. The third-order valence-corrected chi connectivity index (χ3v) is 3.39. The van der Waals surface area contributed by atoms with Gasteiger partial charge in [-0.1, -0.05) is 5.21 Å². The number of esters is 1. The summed E-state index contributed by atoms with van der Waals surface area (Å²) in [6.07, 6.45) is 0.523. The van der Waals surface area contributed by atoms with E-state index in [0.717, 1.165) is 17.0 Å². The van der Waals surface area contributed by atoms with Crippen molar-refractivity contribution in [1.29, 1.82) is 0 Å². The SMILES string of the molecule is COC(=O)c1nnn(CCCO)c1-c1c(C)nn(C)c1C. The molecule has 0 unspecified atom stereocenters. The number of rotatable bonds is 5. The van der Waals surface area contributed by atoms with Crippen LogP contribution in [0.2, 0.25) is 0 Å². The van der Waals surface area contributed by atoms with Crippen molar-refractivity contribution in [3.8, 4) is 11.3 Å². The second kappa shape index (κ2) is 6.04. The summed E-state index contributed by atoms with van der Waals surface area (Å²) < 4.78 is 8.13. The molecule has 0 atom stereocenters. The van der Waals surface area contributed by atoms with Crippen LogP contribution in [-0.4, -0.2) is 49.6 Å². The Hall–Kier alpha value is -2.22. The Morgan fingerprint density at radius 2 is 2.10 bits per heavy atom. The first-order valence-corrected chi connectivity index (χ1v) is 6.64. The van der Waals surface area contributed by atoms with E-state index in [2.05, 4.69) is 15.4 Å². The van der Waals surface area contributed by atoms with Crippen LogP contribution in [0.1, 0.15) is 28.3 Å². The molecule has 0 saturated heterocycles. The van der Waals surface area contributed by atoms with Crippen molar-refractivity contribution >= 4 is 5.97 Å². The quantitative estimate of drug-likeness (QED) is 0.805. The fourth-order valence-electron chi connectivity index (χ4n) is 2.29. The minimum absolute atomic E-state index is 0.0395. The molecule has 0 spiro atoms. The summed E-state index contributed by atoms with van der Waals surface area (Å²) >= 11 is 0. The maximum atomic E-state index is 11.9. The molecule has 0 aromatic carbocycles. The number of aliphatic hydroxyl groups excluding tert-OH is 1. The first-order valence-electron chi connectivity index (χ1n) is 6.64. The molecule has 2 aromatic rings. The van der Waals surface area contributed by atoms with E-state index in [0.29, 0.717) is 18.7 Å². The largest absolute Gasteiger partial charge is 0.464 e. The number of hydrogen-bond acceptors (Lipinski definition) is 6. The number of hydrogen-bond donors (Lipinski definition) is 1. The van der Waals surface area contributed by atoms with Crippen molar-refractivity contribution in [2.45, 2.75) is 26.8 Å². The Labute approximate surface area is 122 Å². The highest BCUT2D eigenvalue weighted by Gasteiger charge is 2.26. The first kappa shape index (κ1) is 15.2. The van der Waals surface area contributed by atoms with Crippen LogP contribution in [0.25, 0.3) is 11.3 Å². The average Bonchev–Trinajstić information content (AvgIpc) is 2.97. The standard InChI is InChI=1S/C13H19N5O3/c1-8-10(9(2)17(3)15-8)12-11(13(20)21-4)14-16-18(12)6-5-7-19/h19H,5-7H2,1-4H3. The Kier molecular flexibility index (Phi) is 4.37. The molecule has 8 heteroatoms. The number of methoxy groups -OCH3 is 1. The zero-order chi connectivity index (χ0) is 15.6. The molecule has 0 aliphatic heterocycles. The van der Waals surface area contributed by atoms with Gasteiger partial charge in [-0.05, 0) is 20.3 Å². The van der Waals surface area contributed by atoms with Gasteiger partial charge in [0.2, 0.25) is 0 Å². The number of carbonyl (C=O) groups is 1. The summed E-state index contributed by atoms with van der Waals surface area (Å²) in [6.45, 7) is 4.29. The van der Waals surface area contributed by atoms with Crippen molar-refractivity contribution in [2.75, 3.05) is 13.7 Å². The molecule has 2 rings (SSSR count). The van der Waals surface area contributed by atoms with E-state index >= 15 is 0 Å². The minimum Gasteiger partial charge on any atom is -0.464 e. The Morgan fingerprint density at radius 3 is 2.62 bits per heavy atom. The van der Waals surface area contributed by atoms with E-state index in [9.17, 15) is 4.79 Å². The van der Waals surface area contributed by atoms with Gasteiger partial charge in [0.25, 0.3) is 0 Å². The van der Waals surface area contributed by atoms with Gasteiger partial charge in [-0.2, -0.15) is 5.10 Å². The lowest BCUT2D eigenvalue weighted by Gasteiger charge is -2.07. The Balaban J connectivity index is 2.62. The van der Waals surface area contributed by atoms with E-state index in [4.69, 9.17) is 9.84 Å². The Morgan fingerprint density at radius 1 is 1.38 bits per heavy atom. The molecule has 0 aliphatic carbocycles. The van der Waals surface area contributed by atoms with Gasteiger partial charge in [-0.3, -0.25) is 4.68 Å². The van der Waals surface area contributed by atoms with Crippen LogP contribution >= 0.6 is 0 Å². The predicted octanol–water partition coefficient (Wildman–Crippen LogP) is 0.464. The van der Waals surface area contributed by atoms with E-state index < -0.39 is 5.97 Å². The molecule has 2 aromatic heterocycles. The van der Waals surface area contributed by atoms with Crippen LogP contribution in [0.3, 0.4) is 0 Å². The second-order valence-electron chi connectivity index (χ2n) is 4.75. The third-order valence-electron chi connectivity index (χ3n) is 3.39. The van der Waals surface area contributed by atoms with Gasteiger partial charge >= 0.3 is 5.97 Å². The molecule has 0 radical (unpaired) electrons. The molecule has 0 aliphatic rings. The predicted molar refractivity (Wildman–Crippen MR) is 74.7 cm³/mol. The fraction of sp³-hybridized carbons (Fsp3) is 0.538. The first-order chi connectivity index (χ1) is 10.0. The molecule has 0 amide bonds. The van der Waals surface area contributed by atoms with Gasteiger partial charge in [-0.15, -0.1) is 5.10 Å². The van der Waals surface area contributed by atoms with Crippen LogP contribution in [0.4, 0.5) is 0 Å². The summed E-state index contributed by atoms with van der Waals surface area (Å²) in [5.74, 6) is -0.539. The lowest BCUT2D eigenvalue weighted by molar-refractivity contribution is 0.0595. The molecule has 1 N–H and O–H groups in total. The molecular weight excluding hydrogens is 274 g/mol. The van der Waals surface area contributed by atoms with Crippen LogP contribution < -0.4 is 0 Å². The highest BCUT2D eigenvalue weighted by molar-refractivity contribution is 5.94. The lowest BCUT2D eigenvalue weighted by atomic mass is 10.1. The third kappa shape index (κ3) is 2.66. The highest BCUT2D eigenvalue weighted by atomic mass is 16.5. The monoisotopic (exact) mass is 293 g/mol. The molecule has 0 bridgehead atoms. The van der Waals surface area contributed by atoms with Crippen LogP contribution in [0.5, 0.6) is 0 Å². The zero-order valence-corrected chi connectivity index (χ0v) is 12.6. The maximum absolute atomic E-state index is 11.9. The number of aryl methyl sites for hydroxylation is 3. The normalized spacial score (nSPS) is 10.9. The average molecular weight is 293 g/mol. The summed E-state index contributed by atoms with van der Waals surface area (Å²) in [5.41, 5.74) is 3.26. The topological polar surface area (TPSA) is 95.1 Å². The van der Waals surface area contributed by atoms with Gasteiger partial charge < -0.3 is 9.84 Å². The van der Waals surface area contributed by atoms with Crippen molar-refractivity contribution in [1.82, 2.24) is 24.8 Å². The van der Waals surface area contributed by atoms with Crippen molar-refractivity contribution in [3.05, 3.63) is 17.1 Å². The second-order valence-corrected chi connectivity index (χ2v) is 4.75.